The molecule has 0 bridgehead atoms. The van der Waals surface area contributed by atoms with E-state index in [0.717, 1.165) is 77.0 Å². The molecule has 6 nitrogen and oxygen atoms in total. The molecule has 0 saturated carbocycles. The third kappa shape index (κ3) is 39.5. The summed E-state index contributed by atoms with van der Waals surface area (Å²) >= 11 is 0. The molecule has 54 heavy (non-hydrogen) atoms. The zero-order chi connectivity index (χ0) is 39.4. The summed E-state index contributed by atoms with van der Waals surface area (Å²) < 4.78 is 5.42. The van der Waals surface area contributed by atoms with Gasteiger partial charge in [0.15, 0.2) is 0 Å². The summed E-state index contributed by atoms with van der Waals surface area (Å²) in [7, 11) is 0. The first kappa shape index (κ1) is 51.8. The molecule has 0 spiro atoms. The Hall–Kier alpha value is -2.18. The summed E-state index contributed by atoms with van der Waals surface area (Å²) in [4.78, 5) is 24.3. The van der Waals surface area contributed by atoms with Gasteiger partial charge < -0.3 is 20.3 Å². The predicted molar refractivity (Wildman–Crippen MR) is 232 cm³/mol. The average molecular weight is 758 g/mol. The summed E-state index contributed by atoms with van der Waals surface area (Å²) in [6.45, 7) is 4.77. The lowest BCUT2D eigenvalue weighted by Gasteiger charge is -2.20. The Bertz CT molecular complexity index is 926. The summed E-state index contributed by atoms with van der Waals surface area (Å²) in [5.41, 5.74) is 0. The van der Waals surface area contributed by atoms with Crippen LogP contribution in [0.4, 0.5) is 0 Å². The van der Waals surface area contributed by atoms with E-state index < -0.39 is 12.1 Å². The maximum atomic E-state index is 12.3. The molecule has 0 radical (unpaired) electrons. The largest absolute Gasteiger partial charge is 0.466 e. The van der Waals surface area contributed by atoms with Crippen molar-refractivity contribution in [2.45, 2.75) is 231 Å². The van der Waals surface area contributed by atoms with Crippen LogP contribution >= 0.6 is 0 Å². The predicted octanol–water partition coefficient (Wildman–Crippen LogP) is 13.1. The van der Waals surface area contributed by atoms with Crippen molar-refractivity contribution < 1.29 is 24.5 Å². The van der Waals surface area contributed by atoms with Gasteiger partial charge in [-0.05, 0) is 89.9 Å². The van der Waals surface area contributed by atoms with Crippen molar-refractivity contribution in [3.05, 3.63) is 48.6 Å². The fourth-order valence-electron chi connectivity index (χ4n) is 6.50. The van der Waals surface area contributed by atoms with Gasteiger partial charge in [-0.2, -0.15) is 0 Å². The second-order valence-corrected chi connectivity index (χ2v) is 15.4. The highest BCUT2D eigenvalue weighted by Crippen LogP contribution is 2.12. The molecule has 2 unspecified atom stereocenters. The van der Waals surface area contributed by atoms with E-state index in [2.05, 4.69) is 55.6 Å². The summed E-state index contributed by atoms with van der Waals surface area (Å²) in [5, 5.41) is 22.8. The summed E-state index contributed by atoms with van der Waals surface area (Å²) in [6, 6.07) is -0.643. The SMILES string of the molecule is CCCCCC/C=C\CCCCCCCC(=O)OCCCCC/C=C\C=C/CCCCCCCCC(=O)NC(CO)C(O)/C=C/CCCCCCCCC. The van der Waals surface area contributed by atoms with Crippen LogP contribution in [0.5, 0.6) is 0 Å². The number of aliphatic hydroxyl groups excluding tert-OH is 2. The molecule has 0 rings (SSSR count). The van der Waals surface area contributed by atoms with E-state index in [4.69, 9.17) is 4.74 Å². The third-order valence-electron chi connectivity index (χ3n) is 10.1. The number of ether oxygens (including phenoxy) is 1. The van der Waals surface area contributed by atoms with Gasteiger partial charge in [-0.15, -0.1) is 0 Å². The molecule has 314 valence electrons. The maximum absolute atomic E-state index is 12.3. The number of hydrogen-bond acceptors (Lipinski definition) is 5. The molecule has 2 atom stereocenters. The van der Waals surface area contributed by atoms with Crippen LogP contribution < -0.4 is 5.32 Å². The van der Waals surface area contributed by atoms with Gasteiger partial charge in [-0.3, -0.25) is 9.59 Å². The number of hydrogen-bond donors (Lipinski definition) is 3. The molecule has 0 aliphatic heterocycles. The zero-order valence-electron chi connectivity index (χ0n) is 35.4. The van der Waals surface area contributed by atoms with E-state index in [-0.39, 0.29) is 18.5 Å². The second kappa shape index (κ2) is 43.5. The number of nitrogens with one attached hydrogen (secondary N) is 1. The minimum Gasteiger partial charge on any atom is -0.466 e. The molecule has 0 aliphatic carbocycles. The van der Waals surface area contributed by atoms with Gasteiger partial charge in [0.2, 0.25) is 5.91 Å². The van der Waals surface area contributed by atoms with Gasteiger partial charge in [-0.1, -0.05) is 165 Å². The fourth-order valence-corrected chi connectivity index (χ4v) is 6.50. The fraction of sp³-hybridized carbons (Fsp3) is 0.792. The highest BCUT2D eigenvalue weighted by Gasteiger charge is 2.18. The number of carbonyl (C=O) groups is 2. The Morgan fingerprint density at radius 2 is 0.926 bits per heavy atom. The molecule has 6 heteroatoms. The molecule has 0 aromatic rings. The average Bonchev–Trinajstić information content (AvgIpc) is 3.17. The van der Waals surface area contributed by atoms with E-state index in [0.29, 0.717) is 19.4 Å². The highest BCUT2D eigenvalue weighted by molar-refractivity contribution is 5.76. The van der Waals surface area contributed by atoms with Crippen molar-refractivity contribution >= 4 is 11.9 Å². The lowest BCUT2D eigenvalue weighted by molar-refractivity contribution is -0.143. The van der Waals surface area contributed by atoms with Crippen LogP contribution in [-0.2, 0) is 14.3 Å². The monoisotopic (exact) mass is 758 g/mol. The minimum atomic E-state index is -0.857. The standard InChI is InChI=1S/C48H87NO5/c1-3-5-7-9-11-13-14-18-22-26-30-34-38-42-48(53)54-43-39-35-31-27-23-20-17-15-16-19-21-25-29-33-37-41-47(52)49-45(44-50)46(51)40-36-32-28-24-12-10-8-6-4-2/h13-15,17,20,23,36,40,45-46,50-51H,3-12,16,18-19,21-22,24-35,37-39,41-44H2,1-2H3,(H,49,52)/b14-13-,17-15-,23-20-,40-36+. The first-order valence-electron chi connectivity index (χ1n) is 22.9. The Morgan fingerprint density at radius 3 is 1.44 bits per heavy atom. The number of unbranched alkanes of at least 4 members (excludes halogenated alkanes) is 25. The minimum absolute atomic E-state index is 0.0338. The summed E-state index contributed by atoms with van der Waals surface area (Å²) in [5.74, 6) is -0.130. The van der Waals surface area contributed by atoms with Crippen molar-refractivity contribution in [2.75, 3.05) is 13.2 Å². The van der Waals surface area contributed by atoms with Gasteiger partial charge in [0.1, 0.15) is 0 Å². The van der Waals surface area contributed by atoms with Crippen LogP contribution in [0.1, 0.15) is 219 Å². The Balaban J connectivity index is 3.56. The molecular formula is C48H87NO5. The first-order valence-corrected chi connectivity index (χ1v) is 22.9. The van der Waals surface area contributed by atoms with E-state index in [9.17, 15) is 19.8 Å². The van der Waals surface area contributed by atoms with Gasteiger partial charge in [0, 0.05) is 12.8 Å². The van der Waals surface area contributed by atoms with Crippen molar-refractivity contribution in [1.29, 1.82) is 0 Å². The number of allylic oxidation sites excluding steroid dienone is 7. The molecule has 0 aliphatic rings. The van der Waals surface area contributed by atoms with Gasteiger partial charge in [0.25, 0.3) is 0 Å². The normalized spacial score (nSPS) is 13.2. The number of rotatable bonds is 41. The van der Waals surface area contributed by atoms with Crippen molar-refractivity contribution in [2.24, 2.45) is 0 Å². The quantitative estimate of drug-likeness (QED) is 0.0250. The molecule has 0 aromatic heterocycles. The van der Waals surface area contributed by atoms with Crippen LogP contribution in [-0.4, -0.2) is 47.4 Å². The molecular weight excluding hydrogens is 671 g/mol. The van der Waals surface area contributed by atoms with Crippen LogP contribution in [0.2, 0.25) is 0 Å². The smallest absolute Gasteiger partial charge is 0.305 e. The number of carbonyl (C=O) groups excluding carboxylic acids is 2. The number of esters is 1. The van der Waals surface area contributed by atoms with Crippen LogP contribution in [0, 0.1) is 0 Å². The Labute approximate surface area is 334 Å². The number of aliphatic hydroxyl groups is 2. The Kier molecular flexibility index (Phi) is 41.8. The van der Waals surface area contributed by atoms with Crippen LogP contribution in [0.3, 0.4) is 0 Å². The van der Waals surface area contributed by atoms with Crippen molar-refractivity contribution in [1.82, 2.24) is 5.32 Å². The lowest BCUT2D eigenvalue weighted by atomic mass is 10.1. The molecule has 1 amide bonds. The molecule has 0 saturated heterocycles. The molecule has 0 heterocycles. The van der Waals surface area contributed by atoms with Gasteiger partial charge in [0.05, 0.1) is 25.4 Å². The van der Waals surface area contributed by atoms with E-state index in [1.54, 1.807) is 6.08 Å². The van der Waals surface area contributed by atoms with E-state index in [1.165, 1.54) is 116 Å². The highest BCUT2D eigenvalue weighted by atomic mass is 16.5. The summed E-state index contributed by atoms with van der Waals surface area (Å²) in [6.07, 6.45) is 52.5. The van der Waals surface area contributed by atoms with E-state index in [1.807, 2.05) is 6.08 Å². The zero-order valence-corrected chi connectivity index (χ0v) is 35.4. The second-order valence-electron chi connectivity index (χ2n) is 15.4. The van der Waals surface area contributed by atoms with Crippen LogP contribution in [0.25, 0.3) is 0 Å². The first-order chi connectivity index (χ1) is 26.5. The van der Waals surface area contributed by atoms with Crippen LogP contribution in [0.15, 0.2) is 48.6 Å². The van der Waals surface area contributed by atoms with Crippen molar-refractivity contribution in [3.8, 4) is 0 Å². The Morgan fingerprint density at radius 1 is 0.519 bits per heavy atom. The maximum Gasteiger partial charge on any atom is 0.305 e. The topological polar surface area (TPSA) is 95.9 Å². The lowest BCUT2D eigenvalue weighted by Crippen LogP contribution is -2.45. The number of amides is 1. The van der Waals surface area contributed by atoms with Crippen molar-refractivity contribution in [3.63, 3.8) is 0 Å². The van der Waals surface area contributed by atoms with E-state index >= 15 is 0 Å². The molecule has 0 fully saturated rings. The molecule has 0 aromatic carbocycles. The van der Waals surface area contributed by atoms with Gasteiger partial charge in [-0.25, -0.2) is 0 Å². The van der Waals surface area contributed by atoms with Gasteiger partial charge >= 0.3 is 5.97 Å². The molecule has 3 N–H and O–H groups in total. The third-order valence-corrected chi connectivity index (χ3v) is 10.1.